The number of carbonyl (C=O) groups is 2. The minimum Gasteiger partial charge on any atom is -0.396 e. The normalized spacial score (nSPS) is 14.8. The summed E-state index contributed by atoms with van der Waals surface area (Å²) in [6.07, 6.45) is 4.82. The zero-order valence-corrected chi connectivity index (χ0v) is 11.4. The van der Waals surface area contributed by atoms with E-state index < -0.39 is 0 Å². The summed E-state index contributed by atoms with van der Waals surface area (Å²) in [5.41, 5.74) is 1.26. The van der Waals surface area contributed by atoms with Gasteiger partial charge in [-0.2, -0.15) is 0 Å². The molecule has 1 aliphatic rings. The highest BCUT2D eigenvalue weighted by molar-refractivity contribution is 6.33. The molecule has 0 atom stereocenters. The van der Waals surface area contributed by atoms with E-state index in [0.29, 0.717) is 12.1 Å². The zero-order valence-electron chi connectivity index (χ0n) is 11.4. The molecular formula is C16H19NO3. The molecule has 0 aromatic heterocycles. The van der Waals surface area contributed by atoms with Gasteiger partial charge in [0.1, 0.15) is 0 Å². The van der Waals surface area contributed by atoms with Gasteiger partial charge in [0.2, 0.25) is 0 Å². The van der Waals surface area contributed by atoms with Gasteiger partial charge in [0.25, 0.3) is 11.8 Å². The van der Waals surface area contributed by atoms with Gasteiger partial charge in [-0.15, -0.1) is 0 Å². The number of aliphatic hydroxyl groups excluding tert-OH is 1. The fraction of sp³-hybridized carbons (Fsp3) is 0.375. The molecule has 1 aromatic carbocycles. The lowest BCUT2D eigenvalue weighted by Gasteiger charge is -2.14. The predicted octanol–water partition coefficient (Wildman–Crippen LogP) is 1.99. The van der Waals surface area contributed by atoms with E-state index >= 15 is 0 Å². The van der Waals surface area contributed by atoms with Crippen LogP contribution in [0.25, 0.3) is 5.57 Å². The third-order valence-electron chi connectivity index (χ3n) is 3.38. The van der Waals surface area contributed by atoms with Crippen LogP contribution in [0.2, 0.25) is 0 Å². The summed E-state index contributed by atoms with van der Waals surface area (Å²) in [4.78, 5) is 25.4. The Morgan fingerprint density at radius 1 is 0.950 bits per heavy atom. The third-order valence-corrected chi connectivity index (χ3v) is 3.38. The highest BCUT2D eigenvalue weighted by atomic mass is 16.3. The van der Waals surface area contributed by atoms with Gasteiger partial charge in [0.05, 0.1) is 5.57 Å². The first-order chi connectivity index (χ1) is 9.74. The Balaban J connectivity index is 1.92. The summed E-state index contributed by atoms with van der Waals surface area (Å²) in [7, 11) is 0. The zero-order chi connectivity index (χ0) is 14.4. The maximum absolute atomic E-state index is 12.2. The number of hydrogen-bond donors (Lipinski definition) is 1. The van der Waals surface area contributed by atoms with Crippen LogP contribution in [0.5, 0.6) is 0 Å². The maximum Gasteiger partial charge on any atom is 0.261 e. The summed E-state index contributed by atoms with van der Waals surface area (Å²) in [5.74, 6) is -0.431. The molecule has 0 spiro atoms. The molecule has 0 bridgehead atoms. The van der Waals surface area contributed by atoms with Crippen LogP contribution in [0.1, 0.15) is 31.2 Å². The van der Waals surface area contributed by atoms with Crippen molar-refractivity contribution in [2.24, 2.45) is 0 Å². The summed E-state index contributed by atoms with van der Waals surface area (Å²) in [6, 6.07) is 9.25. The average molecular weight is 273 g/mol. The van der Waals surface area contributed by atoms with Crippen molar-refractivity contribution in [3.8, 4) is 0 Å². The van der Waals surface area contributed by atoms with Crippen LogP contribution in [0.15, 0.2) is 36.4 Å². The summed E-state index contributed by atoms with van der Waals surface area (Å²) < 4.78 is 0. The summed E-state index contributed by atoms with van der Waals surface area (Å²) >= 11 is 0. The Morgan fingerprint density at radius 2 is 1.65 bits per heavy atom. The molecule has 0 saturated heterocycles. The highest BCUT2D eigenvalue weighted by Crippen LogP contribution is 2.23. The molecule has 0 aliphatic carbocycles. The number of carbonyl (C=O) groups excluding carboxylic acids is 2. The van der Waals surface area contributed by atoms with Crippen molar-refractivity contribution >= 4 is 17.4 Å². The van der Waals surface area contributed by atoms with E-state index in [-0.39, 0.29) is 18.4 Å². The van der Waals surface area contributed by atoms with E-state index in [1.807, 2.05) is 30.3 Å². The van der Waals surface area contributed by atoms with Gasteiger partial charge < -0.3 is 5.11 Å². The van der Waals surface area contributed by atoms with Crippen molar-refractivity contribution in [2.45, 2.75) is 25.7 Å². The van der Waals surface area contributed by atoms with Crippen molar-refractivity contribution in [2.75, 3.05) is 13.2 Å². The molecule has 20 heavy (non-hydrogen) atoms. The van der Waals surface area contributed by atoms with Gasteiger partial charge in [-0.3, -0.25) is 14.5 Å². The molecule has 2 amide bonds. The molecule has 0 unspecified atom stereocenters. The summed E-state index contributed by atoms with van der Waals surface area (Å²) in [5, 5.41) is 8.70. The SMILES string of the molecule is O=C1C=C(c2ccccc2)C(=O)N1CCCCCCO. The van der Waals surface area contributed by atoms with Gasteiger partial charge in [-0.1, -0.05) is 43.2 Å². The predicted molar refractivity (Wildman–Crippen MR) is 76.7 cm³/mol. The largest absolute Gasteiger partial charge is 0.396 e. The lowest BCUT2D eigenvalue weighted by Crippen LogP contribution is -2.31. The first kappa shape index (κ1) is 14.5. The smallest absolute Gasteiger partial charge is 0.261 e. The molecule has 106 valence electrons. The Labute approximate surface area is 118 Å². The number of rotatable bonds is 7. The van der Waals surface area contributed by atoms with E-state index in [2.05, 4.69) is 0 Å². The van der Waals surface area contributed by atoms with E-state index in [1.165, 1.54) is 11.0 Å². The van der Waals surface area contributed by atoms with E-state index in [1.54, 1.807) is 0 Å². The van der Waals surface area contributed by atoms with Crippen LogP contribution in [0.4, 0.5) is 0 Å². The molecule has 0 fully saturated rings. The Bertz CT molecular complexity index is 508. The maximum atomic E-state index is 12.2. The van der Waals surface area contributed by atoms with Crippen molar-refractivity contribution in [3.63, 3.8) is 0 Å². The first-order valence-electron chi connectivity index (χ1n) is 6.98. The number of aliphatic hydroxyl groups is 1. The Kier molecular flexibility index (Phi) is 5.07. The number of unbranched alkanes of at least 4 members (excludes halogenated alkanes) is 3. The number of imide groups is 1. The van der Waals surface area contributed by atoms with E-state index in [9.17, 15) is 9.59 Å². The van der Waals surface area contributed by atoms with Crippen LogP contribution >= 0.6 is 0 Å². The van der Waals surface area contributed by atoms with E-state index in [0.717, 1.165) is 31.2 Å². The molecule has 1 N–H and O–H groups in total. The van der Waals surface area contributed by atoms with Crippen molar-refractivity contribution in [1.29, 1.82) is 0 Å². The third kappa shape index (κ3) is 3.33. The molecule has 1 heterocycles. The average Bonchev–Trinajstić information content (AvgIpc) is 2.75. The second-order valence-corrected chi connectivity index (χ2v) is 4.86. The number of hydrogen-bond acceptors (Lipinski definition) is 3. The minimum absolute atomic E-state index is 0.196. The van der Waals surface area contributed by atoms with Gasteiger partial charge >= 0.3 is 0 Å². The Morgan fingerprint density at radius 3 is 2.35 bits per heavy atom. The number of nitrogens with zero attached hydrogens (tertiary/aromatic N) is 1. The monoisotopic (exact) mass is 273 g/mol. The van der Waals surface area contributed by atoms with Gasteiger partial charge in [0, 0.05) is 19.2 Å². The molecule has 1 aliphatic heterocycles. The van der Waals surface area contributed by atoms with Crippen LogP contribution in [0.3, 0.4) is 0 Å². The number of amides is 2. The standard InChI is InChI=1S/C16H19NO3/c18-11-7-2-1-6-10-17-15(19)12-14(16(17)20)13-8-4-3-5-9-13/h3-5,8-9,12,18H,1-2,6-7,10-11H2. The molecule has 0 saturated carbocycles. The molecule has 4 heteroatoms. The van der Waals surface area contributed by atoms with Crippen LogP contribution in [-0.4, -0.2) is 35.0 Å². The summed E-state index contributed by atoms with van der Waals surface area (Å²) in [6.45, 7) is 0.650. The molecule has 2 rings (SSSR count). The first-order valence-corrected chi connectivity index (χ1v) is 6.98. The second-order valence-electron chi connectivity index (χ2n) is 4.86. The quantitative estimate of drug-likeness (QED) is 0.610. The van der Waals surface area contributed by atoms with Crippen molar-refractivity contribution in [3.05, 3.63) is 42.0 Å². The van der Waals surface area contributed by atoms with E-state index in [4.69, 9.17) is 5.11 Å². The van der Waals surface area contributed by atoms with Crippen molar-refractivity contribution < 1.29 is 14.7 Å². The fourth-order valence-electron chi connectivity index (χ4n) is 2.28. The highest BCUT2D eigenvalue weighted by Gasteiger charge is 2.30. The van der Waals surface area contributed by atoms with Crippen LogP contribution in [-0.2, 0) is 9.59 Å². The number of benzene rings is 1. The lowest BCUT2D eigenvalue weighted by molar-refractivity contribution is -0.136. The molecule has 1 aromatic rings. The van der Waals surface area contributed by atoms with Gasteiger partial charge in [-0.25, -0.2) is 0 Å². The topological polar surface area (TPSA) is 57.6 Å². The van der Waals surface area contributed by atoms with Crippen LogP contribution < -0.4 is 0 Å². The van der Waals surface area contributed by atoms with Crippen LogP contribution in [0, 0.1) is 0 Å². The Hall–Kier alpha value is -1.94. The fourth-order valence-corrected chi connectivity index (χ4v) is 2.28. The second kappa shape index (κ2) is 7.01. The van der Waals surface area contributed by atoms with Gasteiger partial charge in [0.15, 0.2) is 0 Å². The molecular weight excluding hydrogens is 254 g/mol. The molecule has 0 radical (unpaired) electrons. The lowest BCUT2D eigenvalue weighted by atomic mass is 10.1. The minimum atomic E-state index is -0.226. The molecule has 4 nitrogen and oxygen atoms in total. The van der Waals surface area contributed by atoms with Gasteiger partial charge in [-0.05, 0) is 18.4 Å². The van der Waals surface area contributed by atoms with Crippen molar-refractivity contribution in [1.82, 2.24) is 4.90 Å².